The SMILES string of the molecule is CCCCCCCCCCCCC(OC(=O)CCCCCCCCc1ccc2ccccc2c1)C(=O)N[C@H]1C(O[Si](C)C)O[C@H](COC(C)(C)C)[C@@H](O)[C@@H]1OC(=O)CCCCCCCCc1ccc2ccccc2c1. The molecular formula is C64H96NO9Si. The number of unbranched alkanes of at least 4 members (excludes halogenated alkanes) is 19. The van der Waals surface area contributed by atoms with Crippen molar-refractivity contribution in [1.82, 2.24) is 5.32 Å². The Kier molecular flexibility index (Phi) is 28.5. The molecule has 2 N–H and O–H groups in total. The Hall–Kier alpha value is -4.13. The number of carbonyl (C=O) groups excluding carboxylic acids is 3. The van der Waals surface area contributed by atoms with E-state index in [0.29, 0.717) is 19.3 Å². The molecule has 1 saturated heterocycles. The van der Waals surface area contributed by atoms with Crippen molar-refractivity contribution < 1.29 is 42.9 Å². The topological polar surface area (TPSA) is 130 Å². The summed E-state index contributed by atoms with van der Waals surface area (Å²) < 4.78 is 31.1. The summed E-state index contributed by atoms with van der Waals surface area (Å²) in [7, 11) is -1.42. The summed E-state index contributed by atoms with van der Waals surface area (Å²) in [5, 5.41) is 20.1. The van der Waals surface area contributed by atoms with Crippen LogP contribution in [-0.4, -0.2) is 80.9 Å². The lowest BCUT2D eigenvalue weighted by molar-refractivity contribution is -0.259. The van der Waals surface area contributed by atoms with Crippen LogP contribution in [0.4, 0.5) is 0 Å². The van der Waals surface area contributed by atoms with E-state index in [0.717, 1.165) is 103 Å². The largest absolute Gasteiger partial charge is 0.457 e. The van der Waals surface area contributed by atoms with Gasteiger partial charge in [0.1, 0.15) is 18.2 Å². The zero-order valence-electron chi connectivity index (χ0n) is 47.1. The van der Waals surface area contributed by atoms with Gasteiger partial charge in [0.05, 0.1) is 12.2 Å². The Morgan fingerprint density at radius 3 is 1.59 bits per heavy atom. The predicted octanol–water partition coefficient (Wildman–Crippen LogP) is 15.0. The number of rotatable bonds is 37. The molecule has 1 aliphatic heterocycles. The second-order valence-corrected chi connectivity index (χ2v) is 24.6. The second-order valence-electron chi connectivity index (χ2n) is 22.5. The van der Waals surface area contributed by atoms with Crippen LogP contribution in [0.1, 0.15) is 199 Å². The molecule has 75 heavy (non-hydrogen) atoms. The number of nitrogens with one attached hydrogen (secondary N) is 1. The first kappa shape index (κ1) is 61.7. The Morgan fingerprint density at radius 2 is 1.08 bits per heavy atom. The average molecular weight is 1050 g/mol. The van der Waals surface area contributed by atoms with E-state index < -0.39 is 69.2 Å². The third-order valence-electron chi connectivity index (χ3n) is 14.5. The van der Waals surface area contributed by atoms with E-state index in [1.165, 1.54) is 71.2 Å². The van der Waals surface area contributed by atoms with Gasteiger partial charge in [0.25, 0.3) is 5.91 Å². The van der Waals surface area contributed by atoms with Crippen LogP contribution in [0, 0.1) is 0 Å². The number of amides is 1. The number of esters is 2. The maximum absolute atomic E-state index is 14.5. The van der Waals surface area contributed by atoms with Gasteiger partial charge in [-0.1, -0.05) is 201 Å². The smallest absolute Gasteiger partial charge is 0.306 e. The summed E-state index contributed by atoms with van der Waals surface area (Å²) in [5.41, 5.74) is 2.20. The number of carbonyl (C=O) groups is 3. The van der Waals surface area contributed by atoms with Gasteiger partial charge in [-0.05, 0) is 118 Å². The van der Waals surface area contributed by atoms with Gasteiger partial charge in [-0.25, -0.2) is 0 Å². The van der Waals surface area contributed by atoms with Gasteiger partial charge in [-0.15, -0.1) is 0 Å². The van der Waals surface area contributed by atoms with Crippen molar-refractivity contribution in [1.29, 1.82) is 0 Å². The van der Waals surface area contributed by atoms with Crippen molar-refractivity contribution in [2.45, 2.75) is 256 Å². The molecule has 4 aromatic rings. The van der Waals surface area contributed by atoms with Crippen molar-refractivity contribution in [3.63, 3.8) is 0 Å². The number of aliphatic hydroxyl groups is 1. The molecule has 10 nitrogen and oxygen atoms in total. The fourth-order valence-corrected chi connectivity index (χ4v) is 10.8. The molecule has 1 heterocycles. The Balaban J connectivity index is 1.14. The number of aryl methyl sites for hydroxylation is 2. The van der Waals surface area contributed by atoms with Gasteiger partial charge in [0, 0.05) is 12.8 Å². The van der Waals surface area contributed by atoms with Crippen LogP contribution in [0.3, 0.4) is 0 Å². The van der Waals surface area contributed by atoms with Crippen LogP contribution >= 0.6 is 0 Å². The van der Waals surface area contributed by atoms with E-state index in [4.69, 9.17) is 23.4 Å². The maximum atomic E-state index is 14.5. The van der Waals surface area contributed by atoms with Gasteiger partial charge >= 0.3 is 11.9 Å². The predicted molar refractivity (Wildman–Crippen MR) is 307 cm³/mol. The molecule has 11 heteroatoms. The summed E-state index contributed by atoms with van der Waals surface area (Å²) in [4.78, 5) is 41.7. The fraction of sp³-hybridized carbons (Fsp3) is 0.641. The average Bonchev–Trinajstić information content (AvgIpc) is 3.39. The highest BCUT2D eigenvalue weighted by Crippen LogP contribution is 2.29. The summed E-state index contributed by atoms with van der Waals surface area (Å²) in [6.07, 6.45) is 20.6. The van der Waals surface area contributed by atoms with Crippen molar-refractivity contribution in [3.8, 4) is 0 Å². The summed E-state index contributed by atoms with van der Waals surface area (Å²) in [6, 6.07) is 29.3. The van der Waals surface area contributed by atoms with Crippen LogP contribution in [0.25, 0.3) is 21.5 Å². The molecule has 415 valence electrons. The van der Waals surface area contributed by atoms with Gasteiger partial charge < -0.3 is 33.8 Å². The van der Waals surface area contributed by atoms with Crippen molar-refractivity contribution in [2.75, 3.05) is 6.61 Å². The number of aliphatic hydroxyl groups excluding tert-OH is 1. The quantitative estimate of drug-likeness (QED) is 0.0258. The first-order valence-electron chi connectivity index (χ1n) is 29.4. The van der Waals surface area contributed by atoms with E-state index in [1.807, 2.05) is 33.9 Å². The summed E-state index contributed by atoms with van der Waals surface area (Å²) >= 11 is 0. The molecule has 2 unspecified atom stereocenters. The minimum absolute atomic E-state index is 0.0277. The number of ether oxygens (including phenoxy) is 4. The Bertz CT molecular complexity index is 2240. The molecule has 0 aromatic heterocycles. The number of fused-ring (bicyclic) bond motifs is 2. The maximum Gasteiger partial charge on any atom is 0.306 e. The second kappa shape index (κ2) is 34.6. The van der Waals surface area contributed by atoms with Crippen molar-refractivity contribution in [3.05, 3.63) is 96.1 Å². The molecule has 1 amide bonds. The van der Waals surface area contributed by atoms with Crippen LogP contribution in [0.15, 0.2) is 84.9 Å². The molecule has 0 saturated carbocycles. The molecular weight excluding hydrogens is 955 g/mol. The molecule has 0 bridgehead atoms. The summed E-state index contributed by atoms with van der Waals surface area (Å²) in [5.74, 6) is -1.36. The molecule has 0 aliphatic carbocycles. The highest BCUT2D eigenvalue weighted by molar-refractivity contribution is 6.48. The standard InChI is InChI=1S/C64H96NO9Si/c1-7-8-9-10-11-12-13-14-21-26-39-55(71-57(66)40-27-22-17-15-19-24-33-49-42-44-51-35-29-31-37-53(51)46-49)62(69)65-59-61(60(68)56(48-70-64(2,3)4)72-63(59)74-75(5)6)73-58(67)41-28-23-18-16-20-25-34-50-43-45-52-36-30-32-38-54(52)47-50/h29-32,35-38,42-47,55-56,59-61,63,68H,7-28,33-34,39-41,48H2,1-6H3,(H,65,69)/t55?,56-,59-,60-,61-,63?/m1/s1. The molecule has 1 radical (unpaired) electrons. The zero-order valence-corrected chi connectivity index (χ0v) is 48.1. The molecule has 6 atom stereocenters. The Labute approximate surface area is 453 Å². The van der Waals surface area contributed by atoms with E-state index in [9.17, 15) is 19.5 Å². The van der Waals surface area contributed by atoms with Crippen LogP contribution in [0.5, 0.6) is 0 Å². The third-order valence-corrected chi connectivity index (χ3v) is 15.2. The zero-order chi connectivity index (χ0) is 53.7. The summed E-state index contributed by atoms with van der Waals surface area (Å²) in [6.45, 7) is 12.0. The van der Waals surface area contributed by atoms with Gasteiger partial charge in [-0.3, -0.25) is 14.4 Å². The van der Waals surface area contributed by atoms with Crippen LogP contribution < -0.4 is 5.32 Å². The number of hydrogen-bond acceptors (Lipinski definition) is 9. The lowest BCUT2D eigenvalue weighted by atomic mass is 9.95. The normalized spacial score (nSPS) is 18.4. The van der Waals surface area contributed by atoms with E-state index in [-0.39, 0.29) is 19.4 Å². The van der Waals surface area contributed by atoms with Crippen molar-refractivity contribution >= 4 is 48.4 Å². The van der Waals surface area contributed by atoms with E-state index in [1.54, 1.807) is 0 Å². The van der Waals surface area contributed by atoms with Gasteiger partial charge in [0.15, 0.2) is 18.5 Å². The Morgan fingerprint density at radius 1 is 0.613 bits per heavy atom. The molecule has 1 aliphatic rings. The lowest BCUT2D eigenvalue weighted by Crippen LogP contribution is -2.67. The number of benzene rings is 4. The van der Waals surface area contributed by atoms with Crippen LogP contribution in [0.2, 0.25) is 13.1 Å². The van der Waals surface area contributed by atoms with Crippen molar-refractivity contribution in [2.24, 2.45) is 0 Å². The monoisotopic (exact) mass is 1050 g/mol. The first-order valence-corrected chi connectivity index (χ1v) is 31.8. The highest BCUT2D eigenvalue weighted by Gasteiger charge is 2.50. The first-order chi connectivity index (χ1) is 36.3. The molecule has 1 fully saturated rings. The minimum Gasteiger partial charge on any atom is -0.457 e. The number of hydrogen-bond donors (Lipinski definition) is 2. The van der Waals surface area contributed by atoms with Gasteiger partial charge in [0.2, 0.25) is 9.04 Å². The molecule has 4 aromatic carbocycles. The highest BCUT2D eigenvalue weighted by atomic mass is 28.3. The van der Waals surface area contributed by atoms with Gasteiger partial charge in [-0.2, -0.15) is 0 Å². The van der Waals surface area contributed by atoms with E-state index in [2.05, 4.69) is 97.2 Å². The van der Waals surface area contributed by atoms with Crippen LogP contribution in [-0.2, 0) is 50.6 Å². The molecule has 5 rings (SSSR count). The third kappa shape index (κ3) is 24.0. The fourth-order valence-electron chi connectivity index (χ4n) is 10.2. The lowest BCUT2D eigenvalue weighted by Gasteiger charge is -2.45. The minimum atomic E-state index is -1.42. The molecule has 0 spiro atoms. The van der Waals surface area contributed by atoms with E-state index >= 15 is 0 Å².